The fraction of sp³-hybridized carbons (Fsp3) is 0.800. The van der Waals surface area contributed by atoms with E-state index < -0.39 is 17.0 Å². The number of hydrogen-bond acceptors (Lipinski definition) is 3. The first-order chi connectivity index (χ1) is 7.62. The van der Waals surface area contributed by atoms with Crippen LogP contribution in [0.2, 0.25) is 26.2 Å². The Morgan fingerprint density at radius 2 is 1.29 bits per heavy atom. The molecule has 2 N–H and O–H groups in total. The van der Waals surface area contributed by atoms with Crippen molar-refractivity contribution in [2.75, 3.05) is 0 Å². The number of amides is 2. The number of carbonyl (C=O) groups is 2. The van der Waals surface area contributed by atoms with Crippen molar-refractivity contribution in [3.05, 3.63) is 0 Å². The number of rotatable bonds is 6. The van der Waals surface area contributed by atoms with Gasteiger partial charge in [0.2, 0.25) is 11.8 Å². The molecule has 0 atom stereocenters. The summed E-state index contributed by atoms with van der Waals surface area (Å²) in [6, 6.07) is 0. The van der Waals surface area contributed by atoms with Crippen LogP contribution in [0.25, 0.3) is 0 Å². The number of carbonyl (C=O) groups excluding carboxylic acids is 2. The first-order valence-electron chi connectivity index (χ1n) is 5.94. The van der Waals surface area contributed by atoms with E-state index in [1.54, 1.807) is 13.8 Å². The third kappa shape index (κ3) is 7.29. The molecule has 0 rings (SSSR count). The van der Waals surface area contributed by atoms with Crippen molar-refractivity contribution in [1.29, 1.82) is 0 Å². The van der Waals surface area contributed by atoms with Gasteiger partial charge in [-0.15, -0.1) is 0 Å². The van der Waals surface area contributed by atoms with Crippen LogP contribution in [0.15, 0.2) is 0 Å². The summed E-state index contributed by atoms with van der Waals surface area (Å²) in [5.41, 5.74) is 0. The Kier molecular flexibility index (Phi) is 6.07. The van der Waals surface area contributed by atoms with Gasteiger partial charge in [0.25, 0.3) is 0 Å². The van der Waals surface area contributed by atoms with E-state index in [9.17, 15) is 9.59 Å². The van der Waals surface area contributed by atoms with E-state index >= 15 is 0 Å². The Morgan fingerprint density at radius 3 is 1.53 bits per heavy atom. The summed E-state index contributed by atoms with van der Waals surface area (Å²) < 4.78 is 5.98. The van der Waals surface area contributed by atoms with E-state index in [-0.39, 0.29) is 11.8 Å². The van der Waals surface area contributed by atoms with E-state index in [1.165, 1.54) is 0 Å². The van der Waals surface area contributed by atoms with Crippen molar-refractivity contribution in [2.45, 2.75) is 52.9 Å². The van der Waals surface area contributed by atoms with Crippen LogP contribution in [0.1, 0.15) is 26.7 Å². The topological polar surface area (TPSA) is 67.4 Å². The van der Waals surface area contributed by atoms with E-state index in [0.29, 0.717) is 12.8 Å². The molecule has 0 aromatic rings. The van der Waals surface area contributed by atoms with Crippen LogP contribution in [0.4, 0.5) is 0 Å². The lowest BCUT2D eigenvalue weighted by atomic mass is 10.5. The van der Waals surface area contributed by atoms with Crippen LogP contribution in [0.5, 0.6) is 0 Å². The fourth-order valence-electron chi connectivity index (χ4n) is 1.40. The van der Waals surface area contributed by atoms with E-state index in [4.69, 9.17) is 4.12 Å². The summed E-state index contributed by atoms with van der Waals surface area (Å²) in [5, 5.41) is 0. The molecule has 0 aliphatic carbocycles. The van der Waals surface area contributed by atoms with Crippen LogP contribution in [-0.2, 0) is 13.7 Å². The second-order valence-corrected chi connectivity index (χ2v) is 12.7. The summed E-state index contributed by atoms with van der Waals surface area (Å²) >= 11 is 0. The van der Waals surface area contributed by atoms with E-state index in [0.717, 1.165) is 0 Å². The minimum atomic E-state index is -2.69. The Labute approximate surface area is 106 Å². The van der Waals surface area contributed by atoms with Gasteiger partial charge in [0.05, 0.1) is 0 Å². The van der Waals surface area contributed by atoms with Crippen molar-refractivity contribution in [3.63, 3.8) is 0 Å². The molecule has 0 saturated carbocycles. The molecular formula is C10H24N2O3Si2. The standard InChI is InChI=1S/C10H24N2O3Si2/c1-7-9(13)11-17(6,12-10(14)8-2)15-16(3,4)5/h7-8H2,1-6H3,(H,11,13)(H,12,14). The molecule has 0 saturated heterocycles. The quantitative estimate of drug-likeness (QED) is 0.722. The van der Waals surface area contributed by atoms with Gasteiger partial charge in [-0.1, -0.05) is 13.8 Å². The zero-order chi connectivity index (χ0) is 13.7. The summed E-state index contributed by atoms with van der Waals surface area (Å²) in [4.78, 5) is 28.7. The molecule has 0 fully saturated rings. The van der Waals surface area contributed by atoms with E-state index in [2.05, 4.69) is 9.96 Å². The molecule has 0 unspecified atom stereocenters. The largest absolute Gasteiger partial charge is 0.425 e. The zero-order valence-corrected chi connectivity index (χ0v) is 13.6. The third-order valence-corrected chi connectivity index (χ3v) is 7.50. The number of hydrogen-bond donors (Lipinski definition) is 2. The summed E-state index contributed by atoms with van der Waals surface area (Å²) in [6.07, 6.45) is 0.777. The minimum absolute atomic E-state index is 0.0891. The monoisotopic (exact) mass is 276 g/mol. The van der Waals surface area contributed by atoms with Gasteiger partial charge in [0, 0.05) is 12.8 Å². The highest BCUT2D eigenvalue weighted by molar-refractivity contribution is 6.84. The Balaban J connectivity index is 4.80. The molecule has 0 spiro atoms. The van der Waals surface area contributed by atoms with Gasteiger partial charge in [-0.3, -0.25) is 9.59 Å². The molecule has 0 bridgehead atoms. The summed E-state index contributed by atoms with van der Waals surface area (Å²) in [6.45, 7) is 11.5. The van der Waals surface area contributed by atoms with Gasteiger partial charge in [0.1, 0.15) is 0 Å². The van der Waals surface area contributed by atoms with Gasteiger partial charge in [-0.2, -0.15) is 0 Å². The molecule has 100 valence electrons. The first-order valence-corrected chi connectivity index (χ1v) is 11.8. The summed E-state index contributed by atoms with van der Waals surface area (Å²) in [7, 11) is -4.51. The predicted molar refractivity (Wildman–Crippen MR) is 72.9 cm³/mol. The molecule has 0 aliphatic rings. The Hall–Kier alpha value is -0.666. The molecular weight excluding hydrogens is 252 g/mol. The molecule has 0 radical (unpaired) electrons. The molecule has 2 amide bonds. The van der Waals surface area contributed by atoms with Crippen molar-refractivity contribution >= 4 is 28.8 Å². The van der Waals surface area contributed by atoms with E-state index in [1.807, 2.05) is 26.2 Å². The highest BCUT2D eigenvalue weighted by Gasteiger charge is 2.38. The van der Waals surface area contributed by atoms with Crippen LogP contribution in [0, 0.1) is 0 Å². The van der Waals surface area contributed by atoms with Crippen LogP contribution < -0.4 is 9.96 Å². The molecule has 7 heteroatoms. The SMILES string of the molecule is CCC(=O)N[Si](C)(NC(=O)CC)O[Si](C)(C)C. The average molecular weight is 276 g/mol. The Morgan fingerprint density at radius 1 is 0.941 bits per heavy atom. The maximum atomic E-state index is 11.5. The lowest BCUT2D eigenvalue weighted by Crippen LogP contribution is -2.68. The highest BCUT2D eigenvalue weighted by atomic mass is 28.4. The molecule has 0 heterocycles. The van der Waals surface area contributed by atoms with Crippen molar-refractivity contribution in [3.8, 4) is 0 Å². The number of nitrogens with one attached hydrogen (secondary N) is 2. The highest BCUT2D eigenvalue weighted by Crippen LogP contribution is 2.10. The second-order valence-electron chi connectivity index (χ2n) is 5.05. The van der Waals surface area contributed by atoms with Crippen molar-refractivity contribution in [2.24, 2.45) is 0 Å². The molecule has 0 aromatic carbocycles. The normalized spacial score (nSPS) is 12.1. The molecule has 0 aliphatic heterocycles. The second kappa shape index (κ2) is 6.32. The lowest BCUT2D eigenvalue weighted by molar-refractivity contribution is -0.120. The van der Waals surface area contributed by atoms with Gasteiger partial charge in [-0.05, 0) is 26.2 Å². The van der Waals surface area contributed by atoms with Gasteiger partial charge < -0.3 is 14.1 Å². The third-order valence-electron chi connectivity index (χ3n) is 1.91. The average Bonchev–Trinajstić information content (AvgIpc) is 2.13. The van der Waals surface area contributed by atoms with Crippen molar-refractivity contribution in [1.82, 2.24) is 9.96 Å². The van der Waals surface area contributed by atoms with Crippen LogP contribution in [0.3, 0.4) is 0 Å². The lowest BCUT2D eigenvalue weighted by Gasteiger charge is -2.34. The zero-order valence-electron chi connectivity index (χ0n) is 11.6. The fourth-order valence-corrected chi connectivity index (χ4v) is 8.19. The molecule has 5 nitrogen and oxygen atoms in total. The van der Waals surface area contributed by atoms with Crippen LogP contribution in [-0.4, -0.2) is 28.8 Å². The molecule has 17 heavy (non-hydrogen) atoms. The van der Waals surface area contributed by atoms with Gasteiger partial charge in [-0.25, -0.2) is 0 Å². The summed E-state index contributed by atoms with van der Waals surface area (Å²) in [5.74, 6) is -0.178. The van der Waals surface area contributed by atoms with Gasteiger partial charge >= 0.3 is 8.64 Å². The maximum Gasteiger partial charge on any atom is 0.404 e. The van der Waals surface area contributed by atoms with Crippen molar-refractivity contribution < 1.29 is 13.7 Å². The first kappa shape index (κ1) is 16.3. The Bertz CT molecular complexity index is 272. The van der Waals surface area contributed by atoms with Crippen LogP contribution >= 0.6 is 0 Å². The predicted octanol–water partition coefficient (Wildman–Crippen LogP) is 1.46. The van der Waals surface area contributed by atoms with Gasteiger partial charge in [0.15, 0.2) is 8.32 Å². The maximum absolute atomic E-state index is 11.5. The minimum Gasteiger partial charge on any atom is -0.425 e. The molecule has 0 aromatic heterocycles. The smallest absolute Gasteiger partial charge is 0.404 e.